The van der Waals surface area contributed by atoms with Gasteiger partial charge in [-0.25, -0.2) is 9.97 Å². The average molecular weight is 391 g/mol. The molecule has 1 aliphatic heterocycles. The van der Waals surface area contributed by atoms with Gasteiger partial charge in [-0.3, -0.25) is 0 Å². The predicted octanol–water partition coefficient (Wildman–Crippen LogP) is 4.31. The van der Waals surface area contributed by atoms with Crippen molar-refractivity contribution in [2.75, 3.05) is 38.6 Å². The number of anilines is 1. The summed E-state index contributed by atoms with van der Waals surface area (Å²) in [6, 6.07) is 16.9. The number of nitrogens with zero attached hydrogens (tertiary/aromatic N) is 3. The van der Waals surface area contributed by atoms with Crippen LogP contribution in [0.3, 0.4) is 0 Å². The lowest BCUT2D eigenvalue weighted by molar-refractivity contribution is 0.190. The molecule has 0 saturated carbocycles. The number of likely N-dealkylation sites (tertiary alicyclic amines) is 1. The summed E-state index contributed by atoms with van der Waals surface area (Å²) >= 11 is 0. The third kappa shape index (κ3) is 5.04. The highest BCUT2D eigenvalue weighted by molar-refractivity contribution is 5.85. The standard InChI is InChI=1S/C24H30N4O/c1-18-16-22-21(24(26-18)29-2)8-9-23(27-22)25-12-15-28-13-10-20(11-14-28)17-19-6-4-3-5-7-19/h3-9,16,20H,10-15,17H2,1-2H3,(H,25,27). The maximum Gasteiger partial charge on any atom is 0.222 e. The largest absolute Gasteiger partial charge is 0.480 e. The van der Waals surface area contributed by atoms with Crippen LogP contribution in [0.1, 0.15) is 24.1 Å². The van der Waals surface area contributed by atoms with Crippen molar-refractivity contribution in [2.45, 2.75) is 26.2 Å². The summed E-state index contributed by atoms with van der Waals surface area (Å²) in [6.07, 6.45) is 3.79. The zero-order chi connectivity index (χ0) is 20.1. The molecule has 5 nitrogen and oxygen atoms in total. The van der Waals surface area contributed by atoms with Gasteiger partial charge in [0.2, 0.25) is 5.88 Å². The number of piperidine rings is 1. The number of pyridine rings is 2. The number of aromatic nitrogens is 2. The first-order chi connectivity index (χ1) is 14.2. The van der Waals surface area contributed by atoms with Crippen LogP contribution in [0.2, 0.25) is 0 Å². The number of benzene rings is 1. The highest BCUT2D eigenvalue weighted by atomic mass is 16.5. The highest BCUT2D eigenvalue weighted by Gasteiger charge is 2.19. The molecule has 0 radical (unpaired) electrons. The molecule has 1 fully saturated rings. The quantitative estimate of drug-likeness (QED) is 0.651. The van der Waals surface area contributed by atoms with Crippen LogP contribution in [0.25, 0.3) is 10.9 Å². The van der Waals surface area contributed by atoms with Gasteiger partial charge in [-0.15, -0.1) is 0 Å². The first-order valence-corrected chi connectivity index (χ1v) is 10.5. The van der Waals surface area contributed by atoms with Crippen molar-refractivity contribution in [2.24, 2.45) is 5.92 Å². The first-order valence-electron chi connectivity index (χ1n) is 10.5. The molecule has 0 bridgehead atoms. The normalized spacial score (nSPS) is 15.5. The van der Waals surface area contributed by atoms with E-state index in [4.69, 9.17) is 9.72 Å². The minimum absolute atomic E-state index is 0.637. The van der Waals surface area contributed by atoms with E-state index in [1.165, 1.54) is 37.9 Å². The van der Waals surface area contributed by atoms with Crippen molar-refractivity contribution < 1.29 is 4.74 Å². The van der Waals surface area contributed by atoms with Crippen molar-refractivity contribution in [3.8, 4) is 5.88 Å². The number of hydrogen-bond donors (Lipinski definition) is 1. The molecule has 29 heavy (non-hydrogen) atoms. The van der Waals surface area contributed by atoms with E-state index in [1.54, 1.807) is 7.11 Å². The molecule has 152 valence electrons. The molecule has 1 aromatic carbocycles. The van der Waals surface area contributed by atoms with Gasteiger partial charge in [0, 0.05) is 18.8 Å². The fraction of sp³-hybridized carbons (Fsp3) is 0.417. The Morgan fingerprint density at radius 2 is 1.86 bits per heavy atom. The Kier molecular flexibility index (Phi) is 6.25. The minimum atomic E-state index is 0.637. The molecule has 0 atom stereocenters. The molecule has 1 N–H and O–H groups in total. The van der Waals surface area contributed by atoms with Gasteiger partial charge in [0.1, 0.15) is 5.82 Å². The van der Waals surface area contributed by atoms with Gasteiger partial charge in [0.25, 0.3) is 0 Å². The molecule has 0 spiro atoms. The number of ether oxygens (including phenoxy) is 1. The van der Waals surface area contributed by atoms with Crippen LogP contribution in [0.4, 0.5) is 5.82 Å². The van der Waals surface area contributed by atoms with Gasteiger partial charge in [0.15, 0.2) is 0 Å². The lowest BCUT2D eigenvalue weighted by Gasteiger charge is -2.32. The molecule has 1 saturated heterocycles. The number of rotatable bonds is 7. The Bertz CT molecular complexity index is 936. The number of nitrogens with one attached hydrogen (secondary N) is 1. The number of hydrogen-bond acceptors (Lipinski definition) is 5. The molecule has 5 heteroatoms. The van der Waals surface area contributed by atoms with Crippen LogP contribution in [0.5, 0.6) is 5.88 Å². The summed E-state index contributed by atoms with van der Waals surface area (Å²) in [4.78, 5) is 11.7. The number of methoxy groups -OCH3 is 1. The van der Waals surface area contributed by atoms with Crippen LogP contribution < -0.4 is 10.1 Å². The van der Waals surface area contributed by atoms with E-state index in [1.807, 2.05) is 25.1 Å². The summed E-state index contributed by atoms with van der Waals surface area (Å²) in [6.45, 7) is 6.30. The molecule has 1 aliphatic rings. The van der Waals surface area contributed by atoms with E-state index < -0.39 is 0 Å². The Balaban J connectivity index is 1.25. The van der Waals surface area contributed by atoms with Crippen molar-refractivity contribution >= 4 is 16.7 Å². The van der Waals surface area contributed by atoms with Gasteiger partial charge >= 0.3 is 0 Å². The Labute approximate surface area is 173 Å². The van der Waals surface area contributed by atoms with Gasteiger partial charge in [-0.05, 0) is 69.0 Å². The van der Waals surface area contributed by atoms with Gasteiger partial charge in [-0.1, -0.05) is 30.3 Å². The molecule has 0 unspecified atom stereocenters. The van der Waals surface area contributed by atoms with Crippen molar-refractivity contribution in [1.29, 1.82) is 0 Å². The summed E-state index contributed by atoms with van der Waals surface area (Å²) in [5.41, 5.74) is 3.30. The minimum Gasteiger partial charge on any atom is -0.480 e. The monoisotopic (exact) mass is 390 g/mol. The van der Waals surface area contributed by atoms with Crippen LogP contribution in [-0.4, -0.2) is 48.2 Å². The van der Waals surface area contributed by atoms with Crippen molar-refractivity contribution in [3.05, 3.63) is 59.8 Å². The molecule has 3 aromatic rings. The Hall–Kier alpha value is -2.66. The van der Waals surface area contributed by atoms with E-state index in [-0.39, 0.29) is 0 Å². The zero-order valence-electron chi connectivity index (χ0n) is 17.4. The second kappa shape index (κ2) is 9.23. The van der Waals surface area contributed by atoms with Gasteiger partial charge in [0.05, 0.1) is 18.0 Å². The first kappa shape index (κ1) is 19.6. The fourth-order valence-electron chi connectivity index (χ4n) is 4.17. The lowest BCUT2D eigenvalue weighted by atomic mass is 9.90. The van der Waals surface area contributed by atoms with E-state index in [2.05, 4.69) is 45.5 Å². The maximum atomic E-state index is 5.38. The summed E-state index contributed by atoms with van der Waals surface area (Å²) in [5.74, 6) is 2.36. The Morgan fingerprint density at radius 3 is 2.62 bits per heavy atom. The second-order valence-corrected chi connectivity index (χ2v) is 7.94. The number of fused-ring (bicyclic) bond motifs is 1. The van der Waals surface area contributed by atoms with E-state index in [9.17, 15) is 0 Å². The molecule has 2 aromatic heterocycles. The van der Waals surface area contributed by atoms with E-state index >= 15 is 0 Å². The maximum absolute atomic E-state index is 5.38. The van der Waals surface area contributed by atoms with E-state index in [0.29, 0.717) is 5.88 Å². The predicted molar refractivity (Wildman–Crippen MR) is 119 cm³/mol. The third-order valence-electron chi connectivity index (χ3n) is 5.78. The van der Waals surface area contributed by atoms with Crippen LogP contribution in [0, 0.1) is 12.8 Å². The fourth-order valence-corrected chi connectivity index (χ4v) is 4.17. The lowest BCUT2D eigenvalue weighted by Crippen LogP contribution is -2.37. The SMILES string of the molecule is COc1nc(C)cc2nc(NCCN3CCC(Cc4ccccc4)CC3)ccc12. The topological polar surface area (TPSA) is 50.3 Å². The second-order valence-electron chi connectivity index (χ2n) is 7.94. The molecular formula is C24H30N4O. The van der Waals surface area contributed by atoms with Crippen molar-refractivity contribution in [1.82, 2.24) is 14.9 Å². The smallest absolute Gasteiger partial charge is 0.222 e. The van der Waals surface area contributed by atoms with Gasteiger partial charge < -0.3 is 15.0 Å². The van der Waals surface area contributed by atoms with Gasteiger partial charge in [-0.2, -0.15) is 0 Å². The molecular weight excluding hydrogens is 360 g/mol. The molecule has 0 aliphatic carbocycles. The highest BCUT2D eigenvalue weighted by Crippen LogP contribution is 2.25. The summed E-state index contributed by atoms with van der Waals surface area (Å²) in [5, 5.41) is 4.43. The van der Waals surface area contributed by atoms with E-state index in [0.717, 1.165) is 41.4 Å². The number of aryl methyl sites for hydroxylation is 1. The van der Waals surface area contributed by atoms with Crippen molar-refractivity contribution in [3.63, 3.8) is 0 Å². The summed E-state index contributed by atoms with van der Waals surface area (Å²) < 4.78 is 5.38. The molecule has 4 rings (SSSR count). The van der Waals surface area contributed by atoms with Crippen LogP contribution in [-0.2, 0) is 6.42 Å². The van der Waals surface area contributed by atoms with Crippen LogP contribution in [0.15, 0.2) is 48.5 Å². The van der Waals surface area contributed by atoms with Crippen LogP contribution >= 0.6 is 0 Å². The third-order valence-corrected chi connectivity index (χ3v) is 5.78. The average Bonchev–Trinajstić information content (AvgIpc) is 2.75. The summed E-state index contributed by atoms with van der Waals surface area (Å²) in [7, 11) is 1.65. The molecule has 3 heterocycles. The molecule has 0 amide bonds. The Morgan fingerprint density at radius 1 is 1.07 bits per heavy atom. The zero-order valence-corrected chi connectivity index (χ0v) is 17.4.